The van der Waals surface area contributed by atoms with Crippen molar-refractivity contribution in [1.29, 1.82) is 0 Å². The number of H-pyrrole nitrogens is 1. The molecule has 1 aliphatic heterocycles. The first-order valence-corrected chi connectivity index (χ1v) is 8.13. The normalized spacial score (nSPS) is 17.2. The third-order valence-corrected chi connectivity index (χ3v) is 4.51. The molecule has 1 aliphatic rings. The lowest BCUT2D eigenvalue weighted by Crippen LogP contribution is -2.40. The monoisotopic (exact) mass is 321 g/mol. The van der Waals surface area contributed by atoms with Crippen LogP contribution in [-0.2, 0) is 17.8 Å². The maximum atomic E-state index is 12.9. The highest BCUT2D eigenvalue weighted by atomic mass is 16.5. The van der Waals surface area contributed by atoms with E-state index in [9.17, 15) is 4.79 Å². The smallest absolute Gasteiger partial charge is 0.227 e. The molecular weight excluding hydrogens is 302 g/mol. The van der Waals surface area contributed by atoms with E-state index in [1.165, 1.54) is 0 Å². The zero-order valence-electron chi connectivity index (χ0n) is 13.5. The van der Waals surface area contributed by atoms with Crippen molar-refractivity contribution in [3.8, 4) is 5.75 Å². The number of hydrogen-bond donors (Lipinski definition) is 1. The van der Waals surface area contributed by atoms with Crippen LogP contribution in [0.1, 0.15) is 18.1 Å². The molecule has 0 aliphatic carbocycles. The Morgan fingerprint density at radius 1 is 1.33 bits per heavy atom. The van der Waals surface area contributed by atoms with Crippen LogP contribution in [0.15, 0.2) is 48.7 Å². The standard InChI is InChI=1S/C19H19N3O2/c1-13-12-24-18-5-3-2-4-16(18)11-22(13)19(23)9-14-6-7-15-10-20-21-17(15)8-14/h2-8,10,13H,9,11-12H2,1H3,(H,20,21). The maximum absolute atomic E-state index is 12.9. The van der Waals surface area contributed by atoms with Gasteiger partial charge < -0.3 is 9.64 Å². The zero-order chi connectivity index (χ0) is 16.5. The van der Waals surface area contributed by atoms with Gasteiger partial charge in [0.2, 0.25) is 5.91 Å². The molecule has 1 N–H and O–H groups in total. The van der Waals surface area contributed by atoms with Crippen LogP contribution in [0, 0.1) is 0 Å². The van der Waals surface area contributed by atoms with E-state index < -0.39 is 0 Å². The third-order valence-electron chi connectivity index (χ3n) is 4.51. The Bertz CT molecular complexity index is 887. The molecule has 4 rings (SSSR count). The Labute approximate surface area is 140 Å². The van der Waals surface area contributed by atoms with E-state index in [0.717, 1.165) is 27.8 Å². The molecule has 0 fully saturated rings. The molecule has 0 saturated carbocycles. The van der Waals surface area contributed by atoms with E-state index in [4.69, 9.17) is 4.74 Å². The number of ether oxygens (including phenoxy) is 1. The molecule has 1 aromatic heterocycles. The number of rotatable bonds is 2. The Morgan fingerprint density at radius 2 is 2.21 bits per heavy atom. The highest BCUT2D eigenvalue weighted by Crippen LogP contribution is 2.25. The molecule has 1 atom stereocenters. The second-order valence-electron chi connectivity index (χ2n) is 6.26. The van der Waals surface area contributed by atoms with Crippen LogP contribution >= 0.6 is 0 Å². The number of carbonyl (C=O) groups excluding carboxylic acids is 1. The Kier molecular flexibility index (Phi) is 3.69. The topological polar surface area (TPSA) is 58.2 Å². The van der Waals surface area contributed by atoms with Gasteiger partial charge in [-0.3, -0.25) is 9.89 Å². The fourth-order valence-electron chi connectivity index (χ4n) is 3.12. The largest absolute Gasteiger partial charge is 0.491 e. The average molecular weight is 321 g/mol. The number of nitrogens with one attached hydrogen (secondary N) is 1. The molecular formula is C19H19N3O2. The molecule has 1 unspecified atom stereocenters. The number of hydrogen-bond acceptors (Lipinski definition) is 3. The number of amides is 1. The molecule has 0 spiro atoms. The molecule has 2 heterocycles. The van der Waals surface area contributed by atoms with E-state index in [2.05, 4.69) is 10.2 Å². The van der Waals surface area contributed by atoms with Gasteiger partial charge in [-0.05, 0) is 24.6 Å². The Hall–Kier alpha value is -2.82. The van der Waals surface area contributed by atoms with Gasteiger partial charge in [-0.1, -0.05) is 30.3 Å². The van der Waals surface area contributed by atoms with E-state index in [-0.39, 0.29) is 11.9 Å². The Morgan fingerprint density at radius 3 is 3.12 bits per heavy atom. The summed E-state index contributed by atoms with van der Waals surface area (Å²) in [5.41, 5.74) is 3.00. The second-order valence-corrected chi connectivity index (χ2v) is 6.26. The highest BCUT2D eigenvalue weighted by Gasteiger charge is 2.25. The van der Waals surface area contributed by atoms with E-state index >= 15 is 0 Å². The number of fused-ring (bicyclic) bond motifs is 2. The fraction of sp³-hybridized carbons (Fsp3) is 0.263. The van der Waals surface area contributed by atoms with Crippen molar-refractivity contribution >= 4 is 16.8 Å². The van der Waals surface area contributed by atoms with Crippen molar-refractivity contribution < 1.29 is 9.53 Å². The molecule has 3 aromatic rings. The molecule has 122 valence electrons. The summed E-state index contributed by atoms with van der Waals surface area (Å²) in [6, 6.07) is 13.9. The molecule has 24 heavy (non-hydrogen) atoms. The Balaban J connectivity index is 1.56. The van der Waals surface area contributed by atoms with Gasteiger partial charge in [0.25, 0.3) is 0 Å². The summed E-state index contributed by atoms with van der Waals surface area (Å²) in [7, 11) is 0. The van der Waals surface area contributed by atoms with E-state index in [0.29, 0.717) is 19.6 Å². The van der Waals surface area contributed by atoms with Crippen molar-refractivity contribution in [1.82, 2.24) is 15.1 Å². The van der Waals surface area contributed by atoms with Crippen molar-refractivity contribution in [3.05, 3.63) is 59.8 Å². The number of carbonyl (C=O) groups is 1. The third kappa shape index (κ3) is 2.73. The van der Waals surface area contributed by atoms with Gasteiger partial charge in [-0.15, -0.1) is 0 Å². The van der Waals surface area contributed by atoms with Gasteiger partial charge in [0, 0.05) is 17.5 Å². The summed E-state index contributed by atoms with van der Waals surface area (Å²) in [6.07, 6.45) is 2.16. The minimum absolute atomic E-state index is 0.0424. The van der Waals surface area contributed by atoms with Crippen LogP contribution in [0.4, 0.5) is 0 Å². The lowest BCUT2D eigenvalue weighted by molar-refractivity contribution is -0.133. The quantitative estimate of drug-likeness (QED) is 0.789. The average Bonchev–Trinajstić information content (AvgIpc) is 2.98. The first kappa shape index (κ1) is 14.8. The summed E-state index contributed by atoms with van der Waals surface area (Å²) in [5, 5.41) is 8.03. The first-order valence-electron chi connectivity index (χ1n) is 8.13. The predicted molar refractivity (Wildman–Crippen MR) is 91.7 cm³/mol. The van der Waals surface area contributed by atoms with Crippen molar-refractivity contribution in [2.75, 3.05) is 6.61 Å². The van der Waals surface area contributed by atoms with Crippen LogP contribution in [0.5, 0.6) is 5.75 Å². The highest BCUT2D eigenvalue weighted by molar-refractivity contribution is 5.83. The molecule has 5 nitrogen and oxygen atoms in total. The summed E-state index contributed by atoms with van der Waals surface area (Å²) in [6.45, 7) is 3.13. The lowest BCUT2D eigenvalue weighted by Gasteiger charge is -2.26. The minimum Gasteiger partial charge on any atom is -0.491 e. The van der Waals surface area contributed by atoms with E-state index in [1.807, 2.05) is 54.3 Å². The molecule has 0 radical (unpaired) electrons. The molecule has 0 bridgehead atoms. The van der Waals surface area contributed by atoms with Crippen LogP contribution in [-0.4, -0.2) is 33.7 Å². The van der Waals surface area contributed by atoms with Crippen LogP contribution in [0.25, 0.3) is 10.9 Å². The van der Waals surface area contributed by atoms with Crippen LogP contribution in [0.2, 0.25) is 0 Å². The molecule has 0 saturated heterocycles. The second kappa shape index (κ2) is 6.00. The van der Waals surface area contributed by atoms with Crippen LogP contribution < -0.4 is 4.74 Å². The molecule has 5 heteroatoms. The maximum Gasteiger partial charge on any atom is 0.227 e. The fourth-order valence-corrected chi connectivity index (χ4v) is 3.12. The van der Waals surface area contributed by atoms with Gasteiger partial charge in [-0.25, -0.2) is 0 Å². The van der Waals surface area contributed by atoms with Gasteiger partial charge in [0.15, 0.2) is 0 Å². The number of aromatic nitrogens is 2. The first-order chi connectivity index (χ1) is 11.7. The number of nitrogens with zero attached hydrogens (tertiary/aromatic N) is 2. The molecule has 2 aromatic carbocycles. The summed E-state index contributed by atoms with van der Waals surface area (Å²) in [5.74, 6) is 0.986. The minimum atomic E-state index is 0.0424. The summed E-state index contributed by atoms with van der Waals surface area (Å²) in [4.78, 5) is 14.8. The van der Waals surface area contributed by atoms with Crippen molar-refractivity contribution in [2.45, 2.75) is 25.9 Å². The number of benzene rings is 2. The van der Waals surface area contributed by atoms with Gasteiger partial charge in [0.05, 0.1) is 24.2 Å². The van der Waals surface area contributed by atoms with Gasteiger partial charge in [0.1, 0.15) is 12.4 Å². The predicted octanol–water partition coefficient (Wildman–Crippen LogP) is 2.92. The summed E-state index contributed by atoms with van der Waals surface area (Å²) < 4.78 is 5.83. The van der Waals surface area contributed by atoms with Gasteiger partial charge >= 0.3 is 0 Å². The van der Waals surface area contributed by atoms with Crippen LogP contribution in [0.3, 0.4) is 0 Å². The van der Waals surface area contributed by atoms with E-state index in [1.54, 1.807) is 6.20 Å². The molecule has 1 amide bonds. The zero-order valence-corrected chi connectivity index (χ0v) is 13.5. The SMILES string of the molecule is CC1COc2ccccc2CN1C(=O)Cc1ccc2cn[nH]c2c1. The van der Waals surface area contributed by atoms with Crippen molar-refractivity contribution in [2.24, 2.45) is 0 Å². The van der Waals surface area contributed by atoms with Crippen molar-refractivity contribution in [3.63, 3.8) is 0 Å². The number of para-hydroxylation sites is 1. The lowest BCUT2D eigenvalue weighted by atomic mass is 10.1. The number of aromatic amines is 1. The summed E-state index contributed by atoms with van der Waals surface area (Å²) >= 11 is 0. The van der Waals surface area contributed by atoms with Gasteiger partial charge in [-0.2, -0.15) is 5.10 Å².